The highest BCUT2D eigenvalue weighted by molar-refractivity contribution is 6.58. The van der Waals surface area contributed by atoms with Gasteiger partial charge in [0.05, 0.1) is 0 Å². The minimum Gasteiger partial charge on any atom is -0.306 e. The topological polar surface area (TPSA) is 6.48 Å². The second-order valence-electron chi connectivity index (χ2n) is 6.90. The highest BCUT2D eigenvalue weighted by atomic mass is 28.3. The van der Waals surface area contributed by atoms with Crippen LogP contribution in [-0.2, 0) is 0 Å². The van der Waals surface area contributed by atoms with E-state index in [0.717, 1.165) is 0 Å². The van der Waals surface area contributed by atoms with Gasteiger partial charge in [-0.15, -0.1) is 0 Å². The molecule has 0 N–H and O–H groups in total. The van der Waals surface area contributed by atoms with E-state index < -0.39 is 9.12 Å². The SMILES string of the molecule is CCCC=C[SiH](N(C(C)C)C(C)C)N(C(C)C)C(C)C. The number of rotatable bonds is 9. The predicted molar refractivity (Wildman–Crippen MR) is 95.4 cm³/mol. The molecule has 0 bridgehead atoms. The van der Waals surface area contributed by atoms with Crippen molar-refractivity contribution in [1.82, 2.24) is 9.13 Å². The van der Waals surface area contributed by atoms with E-state index in [1.54, 1.807) is 0 Å². The van der Waals surface area contributed by atoms with Crippen LogP contribution in [0, 0.1) is 0 Å². The zero-order valence-corrected chi connectivity index (χ0v) is 16.5. The van der Waals surface area contributed by atoms with Crippen molar-refractivity contribution >= 4 is 9.12 Å². The first-order chi connectivity index (χ1) is 9.23. The molecule has 120 valence electrons. The molecule has 0 spiro atoms. The third-order valence-corrected chi connectivity index (χ3v) is 7.98. The van der Waals surface area contributed by atoms with Crippen molar-refractivity contribution in [3.05, 3.63) is 11.8 Å². The molecule has 0 amide bonds. The Labute approximate surface area is 130 Å². The first kappa shape index (κ1) is 19.9. The van der Waals surface area contributed by atoms with E-state index in [9.17, 15) is 0 Å². The molecule has 0 radical (unpaired) electrons. The first-order valence-corrected chi connectivity index (χ1v) is 10.1. The zero-order chi connectivity index (χ0) is 15.9. The van der Waals surface area contributed by atoms with E-state index in [2.05, 4.69) is 83.2 Å². The van der Waals surface area contributed by atoms with E-state index in [1.165, 1.54) is 12.8 Å². The van der Waals surface area contributed by atoms with Gasteiger partial charge in [0.1, 0.15) is 0 Å². The Kier molecular flexibility index (Phi) is 9.69. The van der Waals surface area contributed by atoms with Crippen molar-refractivity contribution in [2.45, 2.75) is 99.3 Å². The molecule has 2 nitrogen and oxygen atoms in total. The summed E-state index contributed by atoms with van der Waals surface area (Å²) in [6, 6.07) is 2.44. The average molecular weight is 299 g/mol. The molecular weight excluding hydrogens is 260 g/mol. The van der Waals surface area contributed by atoms with Crippen LogP contribution in [-0.4, -0.2) is 42.4 Å². The van der Waals surface area contributed by atoms with Crippen molar-refractivity contribution in [2.75, 3.05) is 0 Å². The summed E-state index contributed by atoms with van der Waals surface area (Å²) >= 11 is 0. The minimum atomic E-state index is -1.24. The van der Waals surface area contributed by atoms with E-state index in [1.807, 2.05) is 0 Å². The molecule has 0 aliphatic carbocycles. The Balaban J connectivity index is 5.42. The first-order valence-electron chi connectivity index (χ1n) is 8.45. The van der Waals surface area contributed by atoms with Gasteiger partial charge in [0, 0.05) is 0 Å². The quantitative estimate of drug-likeness (QED) is 0.584. The summed E-state index contributed by atoms with van der Waals surface area (Å²) in [6.07, 6.45) is 4.87. The van der Waals surface area contributed by atoms with Crippen LogP contribution in [0.2, 0.25) is 0 Å². The summed E-state index contributed by atoms with van der Waals surface area (Å²) in [4.78, 5) is 0. The molecule has 0 heterocycles. The summed E-state index contributed by atoms with van der Waals surface area (Å²) in [7, 11) is -1.24. The van der Waals surface area contributed by atoms with Crippen LogP contribution < -0.4 is 0 Å². The van der Waals surface area contributed by atoms with E-state index in [0.29, 0.717) is 24.2 Å². The lowest BCUT2D eigenvalue weighted by Gasteiger charge is -2.45. The molecule has 0 aromatic heterocycles. The molecule has 0 aliphatic rings. The van der Waals surface area contributed by atoms with Gasteiger partial charge in [0.2, 0.25) is 9.12 Å². The van der Waals surface area contributed by atoms with Gasteiger partial charge in [-0.25, -0.2) is 0 Å². The Morgan fingerprint density at radius 1 is 0.750 bits per heavy atom. The van der Waals surface area contributed by atoms with Crippen molar-refractivity contribution in [2.24, 2.45) is 0 Å². The summed E-state index contributed by atoms with van der Waals surface area (Å²) in [5.41, 5.74) is 2.56. The standard InChI is InChI=1S/C17H38N2Si/c1-10-11-12-13-20(18(14(2)3)15(4)5)19(16(6)7)17(8)9/h12-17,20H,10-11H2,1-9H3. The number of hydrogen-bond acceptors (Lipinski definition) is 2. The molecule has 3 heteroatoms. The van der Waals surface area contributed by atoms with Gasteiger partial charge in [-0.05, 0) is 30.6 Å². The lowest BCUT2D eigenvalue weighted by Crippen LogP contribution is -2.60. The van der Waals surface area contributed by atoms with Crippen LogP contribution in [0.1, 0.15) is 75.2 Å². The smallest absolute Gasteiger partial charge is 0.216 e. The predicted octanol–water partition coefficient (Wildman–Crippen LogP) is 4.34. The molecule has 0 fully saturated rings. The number of unbranched alkanes of at least 4 members (excludes halogenated alkanes) is 1. The summed E-state index contributed by atoms with van der Waals surface area (Å²) in [6.45, 7) is 21.0. The lowest BCUT2D eigenvalue weighted by molar-refractivity contribution is 0.227. The van der Waals surface area contributed by atoms with Crippen molar-refractivity contribution in [3.63, 3.8) is 0 Å². The Morgan fingerprint density at radius 3 is 1.35 bits per heavy atom. The van der Waals surface area contributed by atoms with Gasteiger partial charge in [0.15, 0.2) is 0 Å². The molecule has 0 aromatic rings. The minimum absolute atomic E-state index is 0.609. The van der Waals surface area contributed by atoms with Crippen LogP contribution >= 0.6 is 0 Å². The molecule has 0 rings (SSSR count). The van der Waals surface area contributed by atoms with Gasteiger partial charge in [-0.2, -0.15) is 0 Å². The summed E-state index contributed by atoms with van der Waals surface area (Å²) < 4.78 is 5.51. The van der Waals surface area contributed by atoms with Crippen molar-refractivity contribution in [3.8, 4) is 0 Å². The van der Waals surface area contributed by atoms with Gasteiger partial charge < -0.3 is 9.13 Å². The molecule has 0 unspecified atom stereocenters. The van der Waals surface area contributed by atoms with Crippen molar-refractivity contribution < 1.29 is 0 Å². The average Bonchev–Trinajstić information content (AvgIpc) is 2.26. The fraction of sp³-hybridized carbons (Fsp3) is 0.882. The second kappa shape index (κ2) is 9.75. The Morgan fingerprint density at radius 2 is 1.10 bits per heavy atom. The van der Waals surface area contributed by atoms with Gasteiger partial charge >= 0.3 is 0 Å². The molecule has 0 saturated heterocycles. The summed E-state index contributed by atoms with van der Waals surface area (Å²) in [5.74, 6) is 0. The largest absolute Gasteiger partial charge is 0.306 e. The third-order valence-electron chi connectivity index (χ3n) is 3.76. The molecule has 0 saturated carbocycles. The van der Waals surface area contributed by atoms with Gasteiger partial charge in [-0.3, -0.25) is 0 Å². The molecule has 0 atom stereocenters. The molecular formula is C17H38N2Si. The van der Waals surface area contributed by atoms with Crippen LogP contribution in [0.15, 0.2) is 11.8 Å². The van der Waals surface area contributed by atoms with E-state index in [4.69, 9.17) is 0 Å². The normalized spacial score (nSPS) is 13.6. The maximum Gasteiger partial charge on any atom is 0.216 e. The maximum absolute atomic E-state index is 2.76. The highest BCUT2D eigenvalue weighted by Crippen LogP contribution is 2.18. The maximum atomic E-state index is 2.76. The van der Waals surface area contributed by atoms with Crippen molar-refractivity contribution in [1.29, 1.82) is 0 Å². The van der Waals surface area contributed by atoms with Crippen LogP contribution in [0.3, 0.4) is 0 Å². The fourth-order valence-electron chi connectivity index (χ4n) is 3.15. The van der Waals surface area contributed by atoms with E-state index in [-0.39, 0.29) is 0 Å². The molecule has 0 aromatic carbocycles. The van der Waals surface area contributed by atoms with Crippen LogP contribution in [0.5, 0.6) is 0 Å². The lowest BCUT2D eigenvalue weighted by atomic mass is 10.3. The highest BCUT2D eigenvalue weighted by Gasteiger charge is 2.32. The van der Waals surface area contributed by atoms with Gasteiger partial charge in [-0.1, -0.05) is 80.5 Å². The third kappa shape index (κ3) is 6.11. The summed E-state index contributed by atoms with van der Waals surface area (Å²) in [5, 5.41) is 0. The van der Waals surface area contributed by atoms with Crippen LogP contribution in [0.25, 0.3) is 0 Å². The molecule has 0 aliphatic heterocycles. The fourth-order valence-corrected chi connectivity index (χ4v) is 6.74. The second-order valence-corrected chi connectivity index (χ2v) is 9.30. The monoisotopic (exact) mass is 298 g/mol. The van der Waals surface area contributed by atoms with Gasteiger partial charge in [0.25, 0.3) is 0 Å². The Hall–Kier alpha value is -0.123. The number of hydrogen-bond donors (Lipinski definition) is 0. The Bertz CT molecular complexity index is 236. The molecule has 20 heavy (non-hydrogen) atoms. The van der Waals surface area contributed by atoms with Crippen LogP contribution in [0.4, 0.5) is 0 Å². The zero-order valence-electron chi connectivity index (χ0n) is 15.4. The van der Waals surface area contributed by atoms with E-state index >= 15 is 0 Å². The number of allylic oxidation sites excluding steroid dienone is 1. The number of nitrogens with zero attached hydrogens (tertiary/aromatic N) is 2.